The summed E-state index contributed by atoms with van der Waals surface area (Å²) >= 11 is 0. The summed E-state index contributed by atoms with van der Waals surface area (Å²) in [5, 5.41) is 11.6. The predicted octanol–water partition coefficient (Wildman–Crippen LogP) is -0.566. The summed E-state index contributed by atoms with van der Waals surface area (Å²) in [6, 6.07) is -0.363. The largest absolute Gasteiger partial charge is 0.318 e. The maximum Gasteiger partial charge on any atom is 0.318 e. The molecule has 4 rings (SSSR count). The number of carbonyl (C=O) groups is 2. The van der Waals surface area contributed by atoms with E-state index in [4.69, 9.17) is 0 Å². The minimum atomic E-state index is -0.565. The minimum Gasteiger partial charge on any atom is -0.311 e. The van der Waals surface area contributed by atoms with E-state index in [0.717, 1.165) is 19.3 Å². The second-order valence-corrected chi connectivity index (χ2v) is 4.98. The second kappa shape index (κ2) is 1.91. The van der Waals surface area contributed by atoms with Gasteiger partial charge in [-0.05, 0) is 19.3 Å². The van der Waals surface area contributed by atoms with Crippen LogP contribution in [-0.2, 0) is 0 Å². The van der Waals surface area contributed by atoms with Crippen LogP contribution in [0.5, 0.6) is 0 Å². The van der Waals surface area contributed by atoms with Crippen LogP contribution in [0.25, 0.3) is 0 Å². The van der Waals surface area contributed by atoms with Crippen LogP contribution in [0.3, 0.4) is 0 Å². The van der Waals surface area contributed by atoms with E-state index in [0.29, 0.717) is 11.8 Å². The molecule has 0 aromatic rings. The molecule has 2 heterocycles. The maximum absolute atomic E-state index is 11.5. The molecule has 0 spiro atoms. The van der Waals surface area contributed by atoms with Crippen molar-refractivity contribution < 1.29 is 9.59 Å². The van der Waals surface area contributed by atoms with Crippen LogP contribution in [0.15, 0.2) is 0 Å². The fourth-order valence-electron chi connectivity index (χ4n) is 4.06. The van der Waals surface area contributed by atoms with Gasteiger partial charge in [0.15, 0.2) is 11.3 Å². The highest BCUT2D eigenvalue weighted by Gasteiger charge is 2.76. The van der Waals surface area contributed by atoms with Crippen molar-refractivity contribution in [2.24, 2.45) is 11.8 Å². The van der Waals surface area contributed by atoms with Crippen molar-refractivity contribution in [3.8, 4) is 0 Å². The smallest absolute Gasteiger partial charge is 0.311 e. The molecule has 0 unspecified atom stereocenters. The summed E-state index contributed by atoms with van der Waals surface area (Å²) in [6.07, 6.45) is 3.23. The number of fused-ring (bicyclic) bond motifs is 2. The van der Waals surface area contributed by atoms with Crippen LogP contribution in [-0.4, -0.2) is 23.4 Å². The van der Waals surface area contributed by atoms with E-state index in [1.165, 1.54) is 0 Å². The number of carbonyl (C=O) groups excluding carboxylic acids is 2. The first-order chi connectivity index (χ1) is 7.16. The second-order valence-electron chi connectivity index (χ2n) is 4.98. The number of amides is 4. The lowest BCUT2D eigenvalue weighted by Crippen LogP contribution is -2.68. The Morgan fingerprint density at radius 1 is 0.867 bits per heavy atom. The molecule has 0 aromatic heterocycles. The fraction of sp³-hybridized carbons (Fsp3) is 0.778. The third kappa shape index (κ3) is 0.591. The first kappa shape index (κ1) is 7.78. The van der Waals surface area contributed by atoms with Gasteiger partial charge in [0.05, 0.1) is 0 Å². The van der Waals surface area contributed by atoms with Gasteiger partial charge in [-0.1, -0.05) is 0 Å². The fourth-order valence-corrected chi connectivity index (χ4v) is 4.06. The first-order valence-corrected chi connectivity index (χ1v) is 5.37. The zero-order valence-electron chi connectivity index (χ0n) is 8.09. The highest BCUT2D eigenvalue weighted by Crippen LogP contribution is 2.57. The van der Waals surface area contributed by atoms with Crippen molar-refractivity contribution in [1.82, 2.24) is 21.3 Å². The number of rotatable bonds is 0. The van der Waals surface area contributed by atoms with Crippen molar-refractivity contribution in [2.45, 2.75) is 30.6 Å². The lowest BCUT2D eigenvalue weighted by molar-refractivity contribution is 0.125. The Morgan fingerprint density at radius 3 is 1.67 bits per heavy atom. The molecule has 80 valence electrons. The molecule has 2 saturated carbocycles. The van der Waals surface area contributed by atoms with E-state index < -0.39 is 11.3 Å². The van der Waals surface area contributed by atoms with Gasteiger partial charge < -0.3 is 21.3 Å². The number of hydrogen-bond donors (Lipinski definition) is 4. The highest BCUT2D eigenvalue weighted by molar-refractivity contribution is 5.89. The van der Waals surface area contributed by atoms with Gasteiger partial charge in [0, 0.05) is 11.8 Å². The highest BCUT2D eigenvalue weighted by atomic mass is 16.2. The van der Waals surface area contributed by atoms with Crippen molar-refractivity contribution in [3.63, 3.8) is 0 Å². The van der Waals surface area contributed by atoms with Crippen LogP contribution in [0, 0.1) is 11.8 Å². The summed E-state index contributed by atoms with van der Waals surface area (Å²) in [4.78, 5) is 22.9. The zero-order chi connectivity index (χ0) is 10.3. The Labute approximate surface area is 86.2 Å². The Hall–Kier alpha value is -1.46. The molecule has 4 fully saturated rings. The lowest BCUT2D eigenvalue weighted by Gasteiger charge is -2.40. The first-order valence-electron chi connectivity index (χ1n) is 5.37. The zero-order valence-corrected chi connectivity index (χ0v) is 8.09. The molecule has 2 aliphatic carbocycles. The Balaban J connectivity index is 1.92. The van der Waals surface area contributed by atoms with Gasteiger partial charge >= 0.3 is 12.1 Å². The topological polar surface area (TPSA) is 82.3 Å². The van der Waals surface area contributed by atoms with Gasteiger partial charge in [-0.3, -0.25) is 0 Å². The molecule has 2 bridgehead atoms. The normalized spacial score (nSPS) is 54.1. The molecule has 4 aliphatic rings. The standard InChI is InChI=1S/C9H12N4O2/c14-6-10-8-4-1-2-5(3-4)9(8,12-6)13-7(15)11-8/h4-5H,1-3H2,(H2,10,12,14)(H2,11,13,15)/t4-,5+,8?,9?. The Kier molecular flexibility index (Phi) is 0.993. The average molecular weight is 208 g/mol. The molecule has 0 radical (unpaired) electrons. The minimum absolute atomic E-state index is 0.181. The van der Waals surface area contributed by atoms with Crippen LogP contribution in [0.4, 0.5) is 9.59 Å². The van der Waals surface area contributed by atoms with E-state index >= 15 is 0 Å². The van der Waals surface area contributed by atoms with Crippen LogP contribution in [0.1, 0.15) is 19.3 Å². The van der Waals surface area contributed by atoms with Crippen LogP contribution in [0.2, 0.25) is 0 Å². The van der Waals surface area contributed by atoms with Crippen molar-refractivity contribution in [2.75, 3.05) is 0 Å². The van der Waals surface area contributed by atoms with Crippen molar-refractivity contribution in [1.29, 1.82) is 0 Å². The molecule has 15 heavy (non-hydrogen) atoms. The molecular formula is C9H12N4O2. The van der Waals surface area contributed by atoms with Crippen molar-refractivity contribution in [3.05, 3.63) is 0 Å². The number of hydrogen-bond acceptors (Lipinski definition) is 2. The van der Waals surface area contributed by atoms with E-state index in [1.807, 2.05) is 0 Å². The molecule has 2 aliphatic heterocycles. The third-order valence-corrected chi connectivity index (χ3v) is 4.52. The summed E-state index contributed by atoms with van der Waals surface area (Å²) in [6.45, 7) is 0. The summed E-state index contributed by atoms with van der Waals surface area (Å²) in [7, 11) is 0. The van der Waals surface area contributed by atoms with E-state index in [1.54, 1.807) is 0 Å². The molecule has 2 saturated heterocycles. The van der Waals surface area contributed by atoms with Gasteiger partial charge in [-0.25, -0.2) is 9.59 Å². The molecule has 4 amide bonds. The van der Waals surface area contributed by atoms with E-state index in [2.05, 4.69) is 21.3 Å². The Bertz CT molecular complexity index is 342. The average Bonchev–Trinajstić information content (AvgIpc) is 2.75. The predicted molar refractivity (Wildman–Crippen MR) is 49.6 cm³/mol. The van der Waals surface area contributed by atoms with Gasteiger partial charge in [0.25, 0.3) is 0 Å². The SMILES string of the molecule is O=C1NC23NC(=O)NC2(N1)[C@H]1CC[C@@H]3C1. The molecule has 6 heteroatoms. The lowest BCUT2D eigenvalue weighted by atomic mass is 9.81. The van der Waals surface area contributed by atoms with Crippen LogP contribution < -0.4 is 21.3 Å². The van der Waals surface area contributed by atoms with Crippen LogP contribution >= 0.6 is 0 Å². The summed E-state index contributed by atoms with van der Waals surface area (Å²) < 4.78 is 0. The Morgan fingerprint density at radius 2 is 1.27 bits per heavy atom. The molecular weight excluding hydrogens is 196 g/mol. The number of urea groups is 2. The van der Waals surface area contributed by atoms with E-state index in [9.17, 15) is 9.59 Å². The van der Waals surface area contributed by atoms with E-state index in [-0.39, 0.29) is 12.1 Å². The monoisotopic (exact) mass is 208 g/mol. The van der Waals surface area contributed by atoms with Gasteiger partial charge in [-0.2, -0.15) is 0 Å². The van der Waals surface area contributed by atoms with Gasteiger partial charge in [0.1, 0.15) is 0 Å². The maximum atomic E-state index is 11.5. The van der Waals surface area contributed by atoms with Gasteiger partial charge in [-0.15, -0.1) is 0 Å². The van der Waals surface area contributed by atoms with Gasteiger partial charge in [0.2, 0.25) is 0 Å². The molecule has 6 nitrogen and oxygen atoms in total. The summed E-state index contributed by atoms with van der Waals surface area (Å²) in [5.41, 5.74) is -1.13. The molecule has 0 aromatic carbocycles. The molecule has 4 N–H and O–H groups in total. The third-order valence-electron chi connectivity index (χ3n) is 4.52. The summed E-state index contributed by atoms with van der Waals surface area (Å²) in [5.74, 6) is 0.723. The number of nitrogens with one attached hydrogen (secondary N) is 4. The van der Waals surface area contributed by atoms with Crippen molar-refractivity contribution >= 4 is 12.1 Å². The quantitative estimate of drug-likeness (QED) is 0.430. The molecule has 2 atom stereocenters.